The predicted molar refractivity (Wildman–Crippen MR) is 42.9 cm³/mol. The Morgan fingerprint density at radius 2 is 1.93 bits per heavy atom. The van der Waals surface area contributed by atoms with Crippen LogP contribution in [0.1, 0.15) is 10.4 Å². The van der Waals surface area contributed by atoms with E-state index in [0.29, 0.717) is 6.07 Å². The molecule has 1 amide bonds. The second kappa shape index (κ2) is 5.04. The van der Waals surface area contributed by atoms with Gasteiger partial charge in [0.2, 0.25) is 5.91 Å². The quantitative estimate of drug-likeness (QED) is 0.436. The molecule has 0 aliphatic heterocycles. The molecule has 0 saturated carbocycles. The van der Waals surface area contributed by atoms with Gasteiger partial charge in [-0.2, -0.15) is 0 Å². The standard InChI is InChI=1S/C7H6FNO4S.Na/c8-4-1-2-5(7(9)10)6(3-4)14(11,12)13;/h1-3H,(H2,9,10)(H,11,12,13);/q;+1/p-1. The zero-order chi connectivity index (χ0) is 10.9. The minimum absolute atomic E-state index is 0. The number of carbonyl (C=O) groups excluding carboxylic acids is 1. The van der Waals surface area contributed by atoms with Crippen molar-refractivity contribution >= 4 is 16.0 Å². The van der Waals surface area contributed by atoms with Crippen molar-refractivity contribution in [3.05, 3.63) is 29.6 Å². The monoisotopic (exact) mass is 241 g/mol. The molecule has 0 unspecified atom stereocenters. The Bertz CT molecular complexity index is 488. The van der Waals surface area contributed by atoms with Gasteiger partial charge in [-0.15, -0.1) is 0 Å². The number of rotatable bonds is 2. The van der Waals surface area contributed by atoms with E-state index in [1.54, 1.807) is 0 Å². The first-order valence-electron chi connectivity index (χ1n) is 3.37. The van der Waals surface area contributed by atoms with Crippen LogP contribution in [0.15, 0.2) is 23.1 Å². The zero-order valence-corrected chi connectivity index (χ0v) is 10.5. The molecule has 0 heterocycles. The summed E-state index contributed by atoms with van der Waals surface area (Å²) in [5.74, 6) is -2.02. The van der Waals surface area contributed by atoms with Gasteiger partial charge < -0.3 is 10.3 Å². The molecule has 5 nitrogen and oxygen atoms in total. The average molecular weight is 241 g/mol. The van der Waals surface area contributed by atoms with Gasteiger partial charge in [0.1, 0.15) is 15.9 Å². The van der Waals surface area contributed by atoms with Crippen LogP contribution >= 0.6 is 0 Å². The van der Waals surface area contributed by atoms with Crippen LogP contribution in [-0.2, 0) is 10.1 Å². The van der Waals surface area contributed by atoms with E-state index in [-0.39, 0.29) is 29.6 Å². The fourth-order valence-electron chi connectivity index (χ4n) is 0.907. The minimum atomic E-state index is -4.89. The summed E-state index contributed by atoms with van der Waals surface area (Å²) in [4.78, 5) is 9.74. The summed E-state index contributed by atoms with van der Waals surface area (Å²) in [6, 6.07) is 2.15. The third kappa shape index (κ3) is 3.54. The first-order chi connectivity index (χ1) is 6.32. The Morgan fingerprint density at radius 1 is 1.40 bits per heavy atom. The number of halogens is 1. The van der Waals surface area contributed by atoms with Gasteiger partial charge >= 0.3 is 29.6 Å². The summed E-state index contributed by atoms with van der Waals surface area (Å²) >= 11 is 0. The number of nitrogens with two attached hydrogens (primary N) is 1. The maximum absolute atomic E-state index is 12.6. The Balaban J connectivity index is 0.00000196. The number of hydrogen-bond acceptors (Lipinski definition) is 4. The summed E-state index contributed by atoms with van der Waals surface area (Å²) in [5, 5.41) is 0. The molecular weight excluding hydrogens is 236 g/mol. The van der Waals surface area contributed by atoms with Crippen molar-refractivity contribution in [2.24, 2.45) is 5.73 Å². The Labute approximate surface area is 108 Å². The van der Waals surface area contributed by atoms with Gasteiger partial charge in [-0.25, -0.2) is 12.8 Å². The first kappa shape index (κ1) is 14.5. The van der Waals surface area contributed by atoms with Gasteiger partial charge in [0.15, 0.2) is 0 Å². The van der Waals surface area contributed by atoms with Crippen LogP contribution in [0.3, 0.4) is 0 Å². The van der Waals surface area contributed by atoms with Crippen molar-refractivity contribution < 1.29 is 51.7 Å². The molecule has 0 aliphatic rings. The van der Waals surface area contributed by atoms with Crippen molar-refractivity contribution in [3.63, 3.8) is 0 Å². The zero-order valence-electron chi connectivity index (χ0n) is 7.73. The molecule has 0 radical (unpaired) electrons. The van der Waals surface area contributed by atoms with Crippen LogP contribution in [0.5, 0.6) is 0 Å². The van der Waals surface area contributed by atoms with E-state index in [1.165, 1.54) is 0 Å². The van der Waals surface area contributed by atoms with E-state index in [1.807, 2.05) is 0 Å². The number of carbonyl (C=O) groups is 1. The van der Waals surface area contributed by atoms with Gasteiger partial charge in [-0.3, -0.25) is 4.79 Å². The Kier molecular flexibility index (Phi) is 4.88. The molecule has 0 atom stereocenters. The van der Waals surface area contributed by atoms with E-state index in [4.69, 9.17) is 5.73 Å². The maximum Gasteiger partial charge on any atom is 1.00 e. The minimum Gasteiger partial charge on any atom is -0.744 e. The smallest absolute Gasteiger partial charge is 0.744 e. The van der Waals surface area contributed by atoms with E-state index in [0.717, 1.165) is 12.1 Å². The molecule has 1 aromatic carbocycles. The molecule has 76 valence electrons. The second-order valence-electron chi connectivity index (χ2n) is 2.46. The third-order valence-corrected chi connectivity index (χ3v) is 2.35. The number of primary amides is 1. The Morgan fingerprint density at radius 3 is 2.33 bits per heavy atom. The van der Waals surface area contributed by atoms with Crippen LogP contribution in [-0.4, -0.2) is 18.9 Å². The molecule has 0 fully saturated rings. The summed E-state index contributed by atoms with van der Waals surface area (Å²) in [6.45, 7) is 0. The van der Waals surface area contributed by atoms with E-state index < -0.39 is 32.3 Å². The summed E-state index contributed by atoms with van der Waals surface area (Å²) < 4.78 is 44.3. The molecule has 8 heteroatoms. The molecule has 1 aromatic rings. The van der Waals surface area contributed by atoms with Crippen LogP contribution < -0.4 is 35.3 Å². The SMILES string of the molecule is NC(=O)c1ccc(F)cc1S(=O)(=O)[O-].[Na+]. The predicted octanol–water partition coefficient (Wildman–Crippen LogP) is -3.17. The number of amides is 1. The van der Waals surface area contributed by atoms with E-state index >= 15 is 0 Å². The van der Waals surface area contributed by atoms with Crippen molar-refractivity contribution in [2.75, 3.05) is 0 Å². The van der Waals surface area contributed by atoms with Crippen LogP contribution in [0.2, 0.25) is 0 Å². The first-order valence-corrected chi connectivity index (χ1v) is 4.78. The molecule has 0 bridgehead atoms. The van der Waals surface area contributed by atoms with E-state index in [9.17, 15) is 22.2 Å². The second-order valence-corrected chi connectivity index (χ2v) is 3.81. The van der Waals surface area contributed by atoms with Gasteiger partial charge in [0, 0.05) is 0 Å². The summed E-state index contributed by atoms with van der Waals surface area (Å²) in [6.07, 6.45) is 0. The fraction of sp³-hybridized carbons (Fsp3) is 0. The van der Waals surface area contributed by atoms with Crippen LogP contribution in [0, 0.1) is 5.82 Å². The van der Waals surface area contributed by atoms with Crippen molar-refractivity contribution in [2.45, 2.75) is 4.90 Å². The van der Waals surface area contributed by atoms with Crippen LogP contribution in [0.4, 0.5) is 4.39 Å². The molecule has 0 aliphatic carbocycles. The molecule has 0 spiro atoms. The third-order valence-electron chi connectivity index (χ3n) is 1.48. The normalized spacial score (nSPS) is 10.5. The number of hydrogen-bond donors (Lipinski definition) is 1. The number of benzene rings is 1. The van der Waals surface area contributed by atoms with Gasteiger partial charge in [-0.1, -0.05) is 0 Å². The largest absolute Gasteiger partial charge is 1.00 e. The summed E-state index contributed by atoms with van der Waals surface area (Å²) in [7, 11) is -4.89. The van der Waals surface area contributed by atoms with Crippen molar-refractivity contribution in [1.82, 2.24) is 0 Å². The molecule has 2 N–H and O–H groups in total. The molecule has 15 heavy (non-hydrogen) atoms. The molecule has 0 aromatic heterocycles. The topological polar surface area (TPSA) is 100 Å². The van der Waals surface area contributed by atoms with Gasteiger partial charge in [0.05, 0.1) is 10.5 Å². The average Bonchev–Trinajstić information content (AvgIpc) is 2.01. The van der Waals surface area contributed by atoms with Gasteiger partial charge in [-0.05, 0) is 18.2 Å². The summed E-state index contributed by atoms with van der Waals surface area (Å²) in [5.41, 5.74) is 4.28. The Hall–Kier alpha value is -0.470. The maximum atomic E-state index is 12.6. The van der Waals surface area contributed by atoms with E-state index in [2.05, 4.69) is 0 Å². The molecule has 0 saturated heterocycles. The molecule has 1 rings (SSSR count). The van der Waals surface area contributed by atoms with Crippen LogP contribution in [0.25, 0.3) is 0 Å². The van der Waals surface area contributed by atoms with Crippen molar-refractivity contribution in [3.8, 4) is 0 Å². The van der Waals surface area contributed by atoms with Crippen molar-refractivity contribution in [1.29, 1.82) is 0 Å². The van der Waals surface area contributed by atoms with Gasteiger partial charge in [0.25, 0.3) is 0 Å². The fourth-order valence-corrected chi connectivity index (χ4v) is 1.60. The molecular formula is C7H5FNNaO4S.